The second kappa shape index (κ2) is 11.5. The topological polar surface area (TPSA) is 127 Å². The molecule has 10 heteroatoms. The highest BCUT2D eigenvalue weighted by Gasteiger charge is 2.27. The van der Waals surface area contributed by atoms with Gasteiger partial charge in [0.2, 0.25) is 0 Å². The first-order valence-corrected chi connectivity index (χ1v) is 6.82. The predicted molar refractivity (Wildman–Crippen MR) is 73.6 cm³/mol. The Labute approximate surface area is 133 Å². The zero-order valence-electron chi connectivity index (χ0n) is 13.3. The van der Waals surface area contributed by atoms with E-state index >= 15 is 0 Å². The molecule has 1 atom stereocenters. The molecule has 0 saturated heterocycles. The molecule has 0 heterocycles. The molecule has 0 radical (unpaired) electrons. The molecule has 23 heavy (non-hydrogen) atoms. The zero-order chi connectivity index (χ0) is 17.7. The number of rotatable bonds is 12. The van der Waals surface area contributed by atoms with Crippen LogP contribution in [0.3, 0.4) is 0 Å². The van der Waals surface area contributed by atoms with Gasteiger partial charge in [0.25, 0.3) is 6.47 Å². The molecule has 134 valence electrons. The third kappa shape index (κ3) is 13.3. The number of carboxylic acid groups (broad SMARTS) is 1. The summed E-state index contributed by atoms with van der Waals surface area (Å²) in [6, 6.07) is 0. The Kier molecular flexibility index (Phi) is 10.5. The Hall–Kier alpha value is -2.07. The van der Waals surface area contributed by atoms with E-state index in [0.29, 0.717) is 6.47 Å². The zero-order valence-corrected chi connectivity index (χ0v) is 13.3. The lowest BCUT2D eigenvalue weighted by Gasteiger charge is -2.25. The van der Waals surface area contributed by atoms with Crippen molar-refractivity contribution in [2.24, 2.45) is 0 Å². The summed E-state index contributed by atoms with van der Waals surface area (Å²) in [4.78, 5) is 40.2. The molecule has 0 amide bonds. The van der Waals surface area contributed by atoms with Crippen molar-refractivity contribution in [3.8, 4) is 0 Å². The van der Waals surface area contributed by atoms with Crippen LogP contribution >= 0.6 is 0 Å². The third-order valence-electron chi connectivity index (χ3n) is 2.28. The molecule has 0 aliphatic heterocycles. The number of ether oxygens (including phenoxy) is 4. The number of hydrogen-bond acceptors (Lipinski definition) is 9. The Morgan fingerprint density at radius 2 is 1.83 bits per heavy atom. The second-order valence-electron chi connectivity index (χ2n) is 5.00. The summed E-state index contributed by atoms with van der Waals surface area (Å²) in [5, 5.41) is 8.36. The van der Waals surface area contributed by atoms with Gasteiger partial charge in [-0.05, 0) is 20.8 Å². The summed E-state index contributed by atoms with van der Waals surface area (Å²) < 4.78 is 19.2. The molecule has 0 aliphatic carbocycles. The summed E-state index contributed by atoms with van der Waals surface area (Å²) in [5.74, 6) is 0. The van der Waals surface area contributed by atoms with Crippen molar-refractivity contribution < 1.29 is 48.2 Å². The molecule has 1 N–H and O–H groups in total. The maximum atomic E-state index is 11.4. The normalized spacial score (nSPS) is 12.1. The van der Waals surface area contributed by atoms with E-state index in [1.165, 1.54) is 0 Å². The fourth-order valence-electron chi connectivity index (χ4n) is 1.56. The van der Waals surface area contributed by atoms with Gasteiger partial charge in [-0.25, -0.2) is 9.59 Å². The van der Waals surface area contributed by atoms with Gasteiger partial charge in [0, 0.05) is 6.42 Å². The van der Waals surface area contributed by atoms with Gasteiger partial charge in [0.1, 0.15) is 24.9 Å². The van der Waals surface area contributed by atoms with Crippen LogP contribution in [-0.2, 0) is 33.5 Å². The SMILES string of the molecule is CC(CC(C)(C)OOC(=O)O)OC(=O)OCCOCCOC=O. The van der Waals surface area contributed by atoms with E-state index in [1.807, 2.05) is 0 Å². The quantitative estimate of drug-likeness (QED) is 0.184. The van der Waals surface area contributed by atoms with E-state index in [4.69, 9.17) is 24.2 Å². The lowest BCUT2D eigenvalue weighted by atomic mass is 10.0. The Morgan fingerprint density at radius 3 is 2.43 bits per heavy atom. The van der Waals surface area contributed by atoms with Gasteiger partial charge in [0.05, 0.1) is 13.2 Å². The Morgan fingerprint density at radius 1 is 1.17 bits per heavy atom. The molecule has 0 bridgehead atoms. The monoisotopic (exact) mass is 338 g/mol. The standard InChI is InChI=1S/C13H22O10/c1-10(8-13(2,3)23-22-11(15)16)21-12(17)20-7-6-18-4-5-19-9-14/h9-10H,4-8H2,1-3H3,(H,15,16). The maximum Gasteiger partial charge on any atom is 0.537 e. The van der Waals surface area contributed by atoms with Gasteiger partial charge in [-0.3, -0.25) is 9.68 Å². The fraction of sp³-hybridized carbons (Fsp3) is 0.769. The second-order valence-corrected chi connectivity index (χ2v) is 5.00. The average molecular weight is 338 g/mol. The van der Waals surface area contributed by atoms with Gasteiger partial charge in [0.15, 0.2) is 0 Å². The van der Waals surface area contributed by atoms with Crippen molar-refractivity contribution in [3.05, 3.63) is 0 Å². The van der Waals surface area contributed by atoms with Crippen LogP contribution in [0, 0.1) is 0 Å². The molecule has 0 aromatic heterocycles. The van der Waals surface area contributed by atoms with Crippen LogP contribution < -0.4 is 0 Å². The largest absolute Gasteiger partial charge is 0.537 e. The van der Waals surface area contributed by atoms with Gasteiger partial charge in [-0.15, -0.1) is 0 Å². The molecule has 0 aliphatic rings. The van der Waals surface area contributed by atoms with Crippen molar-refractivity contribution in [1.82, 2.24) is 0 Å². The number of hydrogen-bond donors (Lipinski definition) is 1. The van der Waals surface area contributed by atoms with E-state index in [2.05, 4.69) is 9.62 Å². The van der Waals surface area contributed by atoms with Crippen molar-refractivity contribution >= 4 is 18.8 Å². The molecule has 0 aromatic carbocycles. The van der Waals surface area contributed by atoms with Gasteiger partial charge < -0.3 is 24.1 Å². The summed E-state index contributed by atoms with van der Waals surface area (Å²) in [5.41, 5.74) is -0.972. The molecule has 0 rings (SSSR count). The summed E-state index contributed by atoms with van der Waals surface area (Å²) in [6.07, 6.45) is -2.85. The van der Waals surface area contributed by atoms with Crippen LogP contribution in [0.25, 0.3) is 0 Å². The highest BCUT2D eigenvalue weighted by molar-refractivity contribution is 5.60. The van der Waals surface area contributed by atoms with E-state index in [1.54, 1.807) is 20.8 Å². The van der Waals surface area contributed by atoms with Gasteiger partial charge in [-0.1, -0.05) is 0 Å². The van der Waals surface area contributed by atoms with Crippen LogP contribution in [0.2, 0.25) is 0 Å². The lowest BCUT2D eigenvalue weighted by molar-refractivity contribution is -0.319. The van der Waals surface area contributed by atoms with E-state index in [0.717, 1.165) is 0 Å². The maximum absolute atomic E-state index is 11.4. The molecule has 0 fully saturated rings. The van der Waals surface area contributed by atoms with E-state index in [9.17, 15) is 14.4 Å². The molecule has 0 aromatic rings. The highest BCUT2D eigenvalue weighted by atomic mass is 17.2. The molecular weight excluding hydrogens is 316 g/mol. The minimum atomic E-state index is -1.57. The van der Waals surface area contributed by atoms with Crippen LogP contribution in [-0.4, -0.2) is 62.0 Å². The van der Waals surface area contributed by atoms with Crippen molar-refractivity contribution in [1.29, 1.82) is 0 Å². The Balaban J connectivity index is 3.79. The Bertz CT molecular complexity index is 368. The molecule has 10 nitrogen and oxygen atoms in total. The third-order valence-corrected chi connectivity index (χ3v) is 2.28. The van der Waals surface area contributed by atoms with Gasteiger partial charge in [-0.2, -0.15) is 4.89 Å². The van der Waals surface area contributed by atoms with Crippen molar-refractivity contribution in [2.75, 3.05) is 26.4 Å². The van der Waals surface area contributed by atoms with E-state index in [-0.39, 0.29) is 32.8 Å². The van der Waals surface area contributed by atoms with Crippen LogP contribution in [0.1, 0.15) is 27.2 Å². The molecule has 0 saturated carbocycles. The van der Waals surface area contributed by atoms with E-state index < -0.39 is 24.0 Å². The van der Waals surface area contributed by atoms with Crippen LogP contribution in [0.5, 0.6) is 0 Å². The minimum Gasteiger partial charge on any atom is -0.465 e. The molecular formula is C13H22O10. The first-order chi connectivity index (χ1) is 10.8. The smallest absolute Gasteiger partial charge is 0.465 e. The first kappa shape index (κ1) is 20.9. The van der Waals surface area contributed by atoms with Crippen LogP contribution in [0.4, 0.5) is 9.59 Å². The van der Waals surface area contributed by atoms with Crippen molar-refractivity contribution in [2.45, 2.75) is 38.9 Å². The van der Waals surface area contributed by atoms with Crippen LogP contribution in [0.15, 0.2) is 0 Å². The average Bonchev–Trinajstić information content (AvgIpc) is 2.43. The minimum absolute atomic E-state index is 0.0192. The lowest BCUT2D eigenvalue weighted by Crippen LogP contribution is -2.32. The molecule has 0 spiro atoms. The summed E-state index contributed by atoms with van der Waals surface area (Å²) in [6.45, 7) is 5.50. The van der Waals surface area contributed by atoms with Gasteiger partial charge >= 0.3 is 12.3 Å². The predicted octanol–water partition coefficient (Wildman–Crippen LogP) is 1.51. The number of carbonyl (C=O) groups is 3. The first-order valence-electron chi connectivity index (χ1n) is 6.82. The van der Waals surface area contributed by atoms with Crippen molar-refractivity contribution in [3.63, 3.8) is 0 Å². The number of carbonyl (C=O) groups excluding carboxylic acids is 2. The summed E-state index contributed by atoms with van der Waals surface area (Å²) >= 11 is 0. The highest BCUT2D eigenvalue weighted by Crippen LogP contribution is 2.19. The summed E-state index contributed by atoms with van der Waals surface area (Å²) in [7, 11) is 0. The molecule has 1 unspecified atom stereocenters. The fourth-order valence-corrected chi connectivity index (χ4v) is 1.56.